The minimum absolute atomic E-state index is 0.406. The van der Waals surface area contributed by atoms with Gasteiger partial charge in [0.15, 0.2) is 0 Å². The SMILES string of the molecule is CC.CCC(NC)C(C)(C)C. The highest BCUT2D eigenvalue weighted by Crippen LogP contribution is 2.20. The van der Waals surface area contributed by atoms with Crippen molar-refractivity contribution in [3.63, 3.8) is 0 Å². The summed E-state index contributed by atoms with van der Waals surface area (Å²) in [7, 11) is 2.03. The van der Waals surface area contributed by atoms with Crippen LogP contribution in [-0.4, -0.2) is 13.1 Å². The van der Waals surface area contributed by atoms with Crippen LogP contribution in [0.2, 0.25) is 0 Å². The molecule has 0 aromatic rings. The minimum atomic E-state index is 0.406. The van der Waals surface area contributed by atoms with Gasteiger partial charge in [0.1, 0.15) is 0 Å². The molecule has 1 heteroatoms. The fraction of sp³-hybridized carbons (Fsp3) is 1.00. The maximum atomic E-state index is 3.29. The van der Waals surface area contributed by atoms with E-state index in [1.807, 2.05) is 20.9 Å². The molecule has 0 aromatic heterocycles. The van der Waals surface area contributed by atoms with Crippen molar-refractivity contribution in [3.05, 3.63) is 0 Å². The minimum Gasteiger partial charge on any atom is -0.316 e. The first kappa shape index (κ1) is 13.5. The van der Waals surface area contributed by atoms with E-state index in [1.54, 1.807) is 0 Å². The molecule has 0 radical (unpaired) electrons. The summed E-state index contributed by atoms with van der Waals surface area (Å²) in [5.74, 6) is 0. The van der Waals surface area contributed by atoms with Gasteiger partial charge in [-0.2, -0.15) is 0 Å². The monoisotopic (exact) mass is 159 g/mol. The highest BCUT2D eigenvalue weighted by atomic mass is 14.9. The van der Waals surface area contributed by atoms with Crippen LogP contribution in [0.4, 0.5) is 0 Å². The topological polar surface area (TPSA) is 12.0 Å². The summed E-state index contributed by atoms with van der Waals surface area (Å²) >= 11 is 0. The van der Waals surface area contributed by atoms with E-state index in [1.165, 1.54) is 6.42 Å². The van der Waals surface area contributed by atoms with E-state index < -0.39 is 0 Å². The molecule has 11 heavy (non-hydrogen) atoms. The molecule has 70 valence electrons. The molecule has 0 aliphatic rings. The van der Waals surface area contributed by atoms with Crippen LogP contribution in [0.3, 0.4) is 0 Å². The van der Waals surface area contributed by atoms with Crippen molar-refractivity contribution in [3.8, 4) is 0 Å². The Labute approximate surface area is 72.6 Å². The van der Waals surface area contributed by atoms with Crippen LogP contribution < -0.4 is 5.32 Å². The highest BCUT2D eigenvalue weighted by Gasteiger charge is 2.20. The van der Waals surface area contributed by atoms with Gasteiger partial charge in [0, 0.05) is 6.04 Å². The van der Waals surface area contributed by atoms with Crippen molar-refractivity contribution in [2.75, 3.05) is 7.05 Å². The van der Waals surface area contributed by atoms with E-state index in [-0.39, 0.29) is 0 Å². The summed E-state index contributed by atoms with van der Waals surface area (Å²) in [5.41, 5.74) is 0.406. The molecule has 0 bridgehead atoms. The first-order valence-electron chi connectivity index (χ1n) is 4.69. The van der Waals surface area contributed by atoms with E-state index in [0.29, 0.717) is 11.5 Å². The molecule has 0 saturated carbocycles. The predicted octanol–water partition coefficient (Wildman–Crippen LogP) is 3.06. The molecule has 0 fully saturated rings. The highest BCUT2D eigenvalue weighted by molar-refractivity contribution is 4.77. The summed E-state index contributed by atoms with van der Waals surface area (Å²) < 4.78 is 0. The van der Waals surface area contributed by atoms with E-state index in [4.69, 9.17) is 0 Å². The number of nitrogens with one attached hydrogen (secondary N) is 1. The smallest absolute Gasteiger partial charge is 0.0110 e. The van der Waals surface area contributed by atoms with E-state index in [0.717, 1.165) is 0 Å². The van der Waals surface area contributed by atoms with Crippen LogP contribution in [0, 0.1) is 5.41 Å². The Morgan fingerprint density at radius 3 is 1.55 bits per heavy atom. The maximum Gasteiger partial charge on any atom is 0.0110 e. The Hall–Kier alpha value is -0.0400. The Bertz CT molecular complexity index is 67.4. The third-order valence-corrected chi connectivity index (χ3v) is 1.80. The second-order valence-corrected chi connectivity index (χ2v) is 3.62. The molecule has 0 aliphatic heterocycles. The zero-order chi connectivity index (χ0) is 9.49. The molecule has 1 unspecified atom stereocenters. The van der Waals surface area contributed by atoms with E-state index in [2.05, 4.69) is 33.0 Å². The molecular weight excluding hydrogens is 134 g/mol. The van der Waals surface area contributed by atoms with Crippen LogP contribution in [0.5, 0.6) is 0 Å². The Kier molecular flexibility index (Phi) is 8.20. The normalized spacial score (nSPS) is 13.4. The van der Waals surface area contributed by atoms with Crippen LogP contribution in [0.25, 0.3) is 0 Å². The van der Waals surface area contributed by atoms with Gasteiger partial charge in [-0.3, -0.25) is 0 Å². The first-order valence-corrected chi connectivity index (χ1v) is 4.69. The van der Waals surface area contributed by atoms with Gasteiger partial charge in [-0.25, -0.2) is 0 Å². The van der Waals surface area contributed by atoms with Gasteiger partial charge < -0.3 is 5.32 Å². The van der Waals surface area contributed by atoms with Crippen molar-refractivity contribution in [2.24, 2.45) is 5.41 Å². The predicted molar refractivity (Wildman–Crippen MR) is 53.9 cm³/mol. The Balaban J connectivity index is 0. The summed E-state index contributed by atoms with van der Waals surface area (Å²) in [6, 6.07) is 0.650. The number of hydrogen-bond donors (Lipinski definition) is 1. The fourth-order valence-electron chi connectivity index (χ4n) is 1.25. The third kappa shape index (κ3) is 6.36. The van der Waals surface area contributed by atoms with Gasteiger partial charge in [-0.1, -0.05) is 41.5 Å². The largest absolute Gasteiger partial charge is 0.316 e. The molecule has 0 amide bonds. The van der Waals surface area contributed by atoms with Gasteiger partial charge in [-0.05, 0) is 18.9 Å². The molecule has 0 aromatic carbocycles. The summed E-state index contributed by atoms with van der Waals surface area (Å²) in [4.78, 5) is 0. The second kappa shape index (κ2) is 6.66. The van der Waals surface area contributed by atoms with Gasteiger partial charge >= 0.3 is 0 Å². The molecule has 1 nitrogen and oxygen atoms in total. The summed E-state index contributed by atoms with van der Waals surface area (Å²) in [6.45, 7) is 13.0. The van der Waals surface area contributed by atoms with Gasteiger partial charge in [0.25, 0.3) is 0 Å². The lowest BCUT2D eigenvalue weighted by molar-refractivity contribution is 0.275. The molecule has 1 atom stereocenters. The molecule has 0 heterocycles. The standard InChI is InChI=1S/C8H19N.C2H6/c1-6-7(9-5)8(2,3)4;1-2/h7,9H,6H2,1-5H3;1-2H3. The quantitative estimate of drug-likeness (QED) is 0.653. The molecule has 0 spiro atoms. The second-order valence-electron chi connectivity index (χ2n) is 3.62. The van der Waals surface area contributed by atoms with Crippen LogP contribution in [0.15, 0.2) is 0 Å². The number of hydrogen-bond acceptors (Lipinski definition) is 1. The zero-order valence-electron chi connectivity index (χ0n) is 9.28. The lowest BCUT2D eigenvalue weighted by Crippen LogP contribution is -2.37. The first-order chi connectivity index (χ1) is 5.02. The lowest BCUT2D eigenvalue weighted by Gasteiger charge is -2.29. The van der Waals surface area contributed by atoms with Gasteiger partial charge in [-0.15, -0.1) is 0 Å². The van der Waals surface area contributed by atoms with Crippen molar-refractivity contribution in [1.29, 1.82) is 0 Å². The van der Waals surface area contributed by atoms with Gasteiger partial charge in [0.05, 0.1) is 0 Å². The average Bonchev–Trinajstić information content (AvgIpc) is 1.92. The molecule has 0 saturated heterocycles. The zero-order valence-corrected chi connectivity index (χ0v) is 9.28. The van der Waals surface area contributed by atoms with Gasteiger partial charge in [0.2, 0.25) is 0 Å². The van der Waals surface area contributed by atoms with Crippen LogP contribution in [0.1, 0.15) is 48.0 Å². The molecule has 1 N–H and O–H groups in total. The Morgan fingerprint density at radius 2 is 1.55 bits per heavy atom. The van der Waals surface area contributed by atoms with E-state index >= 15 is 0 Å². The molecule has 0 rings (SSSR count). The lowest BCUT2D eigenvalue weighted by atomic mass is 9.85. The van der Waals surface area contributed by atoms with Crippen LogP contribution in [-0.2, 0) is 0 Å². The average molecular weight is 159 g/mol. The van der Waals surface area contributed by atoms with Crippen molar-refractivity contribution in [1.82, 2.24) is 5.32 Å². The van der Waals surface area contributed by atoms with Crippen LogP contribution >= 0.6 is 0 Å². The third-order valence-electron chi connectivity index (χ3n) is 1.80. The fourth-order valence-corrected chi connectivity index (χ4v) is 1.25. The molecule has 0 aliphatic carbocycles. The summed E-state index contributed by atoms with van der Waals surface area (Å²) in [6.07, 6.45) is 1.21. The van der Waals surface area contributed by atoms with Crippen molar-refractivity contribution in [2.45, 2.75) is 54.0 Å². The molecular formula is C10H25N. The van der Waals surface area contributed by atoms with Crippen molar-refractivity contribution < 1.29 is 0 Å². The summed E-state index contributed by atoms with van der Waals surface area (Å²) in [5, 5.41) is 3.29. The number of rotatable bonds is 2. The van der Waals surface area contributed by atoms with E-state index in [9.17, 15) is 0 Å². The Morgan fingerprint density at radius 1 is 1.18 bits per heavy atom. The van der Waals surface area contributed by atoms with Crippen molar-refractivity contribution >= 4 is 0 Å². The maximum absolute atomic E-state index is 3.29.